The second-order valence-electron chi connectivity index (χ2n) is 3.80. The molecule has 96 valence electrons. The highest BCUT2D eigenvalue weighted by Gasteiger charge is 2.30. The van der Waals surface area contributed by atoms with Crippen molar-refractivity contribution in [3.8, 4) is 5.69 Å². The van der Waals surface area contributed by atoms with Gasteiger partial charge in [-0.2, -0.15) is 13.2 Å². The van der Waals surface area contributed by atoms with Crippen LogP contribution in [0.15, 0.2) is 36.7 Å². The van der Waals surface area contributed by atoms with Crippen LogP contribution in [0.4, 0.5) is 13.2 Å². The number of imidazole rings is 1. The first kappa shape index (κ1) is 12.6. The highest BCUT2D eigenvalue weighted by molar-refractivity contribution is 5.38. The fourth-order valence-electron chi connectivity index (χ4n) is 1.72. The van der Waals surface area contributed by atoms with Gasteiger partial charge in [-0.05, 0) is 24.7 Å². The van der Waals surface area contributed by atoms with Crippen LogP contribution in [0.5, 0.6) is 0 Å². The second-order valence-corrected chi connectivity index (χ2v) is 3.80. The first-order chi connectivity index (χ1) is 8.52. The molecule has 0 fully saturated rings. The normalized spacial score (nSPS) is 11.8. The van der Waals surface area contributed by atoms with E-state index >= 15 is 0 Å². The Bertz CT molecular complexity index is 531. The summed E-state index contributed by atoms with van der Waals surface area (Å²) in [4.78, 5) is 4.08. The van der Waals surface area contributed by atoms with E-state index in [9.17, 15) is 13.2 Å². The Morgan fingerprint density at radius 1 is 1.28 bits per heavy atom. The number of nitrogens with two attached hydrogens (primary N) is 1. The fourth-order valence-corrected chi connectivity index (χ4v) is 1.72. The van der Waals surface area contributed by atoms with E-state index in [0.717, 1.165) is 12.1 Å². The third-order valence-electron chi connectivity index (χ3n) is 2.54. The molecule has 0 saturated heterocycles. The van der Waals surface area contributed by atoms with E-state index in [1.165, 1.54) is 6.07 Å². The Labute approximate surface area is 102 Å². The van der Waals surface area contributed by atoms with Gasteiger partial charge in [-0.1, -0.05) is 6.07 Å². The van der Waals surface area contributed by atoms with E-state index < -0.39 is 11.7 Å². The van der Waals surface area contributed by atoms with Crippen molar-refractivity contribution < 1.29 is 13.2 Å². The molecule has 2 rings (SSSR count). The highest BCUT2D eigenvalue weighted by atomic mass is 19.4. The largest absolute Gasteiger partial charge is 0.416 e. The van der Waals surface area contributed by atoms with Gasteiger partial charge in [-0.15, -0.1) is 0 Å². The van der Waals surface area contributed by atoms with Gasteiger partial charge in [-0.25, -0.2) is 4.98 Å². The van der Waals surface area contributed by atoms with E-state index in [1.807, 2.05) is 0 Å². The molecule has 6 heteroatoms. The maximum absolute atomic E-state index is 12.6. The van der Waals surface area contributed by atoms with E-state index in [0.29, 0.717) is 24.5 Å². The summed E-state index contributed by atoms with van der Waals surface area (Å²) in [5.41, 5.74) is 5.19. The van der Waals surface area contributed by atoms with E-state index in [2.05, 4.69) is 4.98 Å². The Morgan fingerprint density at radius 3 is 2.72 bits per heavy atom. The van der Waals surface area contributed by atoms with Crippen LogP contribution < -0.4 is 5.73 Å². The van der Waals surface area contributed by atoms with Crippen LogP contribution in [0.2, 0.25) is 0 Å². The lowest BCUT2D eigenvalue weighted by Crippen LogP contribution is -2.10. The highest BCUT2D eigenvalue weighted by Crippen LogP contribution is 2.30. The molecule has 1 heterocycles. The molecular formula is C12H12F3N3. The van der Waals surface area contributed by atoms with Crippen molar-refractivity contribution in [3.05, 3.63) is 48.0 Å². The molecule has 2 N–H and O–H groups in total. The van der Waals surface area contributed by atoms with Gasteiger partial charge < -0.3 is 10.3 Å². The minimum atomic E-state index is -4.34. The summed E-state index contributed by atoms with van der Waals surface area (Å²) in [5, 5.41) is 0. The molecule has 0 atom stereocenters. The molecule has 0 saturated carbocycles. The smallest absolute Gasteiger partial charge is 0.330 e. The molecule has 0 spiro atoms. The molecule has 0 aliphatic carbocycles. The van der Waals surface area contributed by atoms with Crippen molar-refractivity contribution >= 4 is 0 Å². The minimum absolute atomic E-state index is 0.399. The van der Waals surface area contributed by atoms with Crippen molar-refractivity contribution in [1.29, 1.82) is 0 Å². The van der Waals surface area contributed by atoms with Crippen molar-refractivity contribution in [2.75, 3.05) is 6.54 Å². The van der Waals surface area contributed by atoms with Crippen LogP contribution >= 0.6 is 0 Å². The predicted molar refractivity (Wildman–Crippen MR) is 61.3 cm³/mol. The Morgan fingerprint density at radius 2 is 2.06 bits per heavy atom. The number of hydrogen-bond donors (Lipinski definition) is 1. The Balaban J connectivity index is 2.42. The number of alkyl halides is 3. The molecule has 1 aromatic carbocycles. The van der Waals surface area contributed by atoms with Crippen molar-refractivity contribution in [2.45, 2.75) is 12.6 Å². The van der Waals surface area contributed by atoms with Gasteiger partial charge in [0.1, 0.15) is 5.82 Å². The zero-order valence-electron chi connectivity index (χ0n) is 9.48. The minimum Gasteiger partial charge on any atom is -0.330 e. The van der Waals surface area contributed by atoms with Crippen molar-refractivity contribution in [1.82, 2.24) is 9.55 Å². The second kappa shape index (κ2) is 4.81. The average Bonchev–Trinajstić information content (AvgIpc) is 2.77. The lowest BCUT2D eigenvalue weighted by Gasteiger charge is -2.11. The summed E-state index contributed by atoms with van der Waals surface area (Å²) in [7, 11) is 0. The molecule has 0 aliphatic heterocycles. The molecule has 0 aliphatic rings. The number of aromatic nitrogens is 2. The lowest BCUT2D eigenvalue weighted by molar-refractivity contribution is -0.137. The van der Waals surface area contributed by atoms with Gasteiger partial charge in [0, 0.05) is 24.5 Å². The Kier molecular flexibility index (Phi) is 3.38. The lowest BCUT2D eigenvalue weighted by atomic mass is 10.2. The third kappa shape index (κ3) is 2.53. The third-order valence-corrected chi connectivity index (χ3v) is 2.54. The molecule has 0 radical (unpaired) electrons. The number of hydrogen-bond acceptors (Lipinski definition) is 2. The molecule has 0 amide bonds. The monoisotopic (exact) mass is 255 g/mol. The van der Waals surface area contributed by atoms with Gasteiger partial charge in [0.15, 0.2) is 0 Å². The molecule has 0 unspecified atom stereocenters. The van der Waals surface area contributed by atoms with Gasteiger partial charge in [0.25, 0.3) is 0 Å². The summed E-state index contributed by atoms with van der Waals surface area (Å²) in [5.74, 6) is 0.650. The van der Waals surface area contributed by atoms with Crippen LogP contribution in [0.3, 0.4) is 0 Å². The van der Waals surface area contributed by atoms with Gasteiger partial charge in [-0.3, -0.25) is 0 Å². The van der Waals surface area contributed by atoms with Crippen LogP contribution in [0.1, 0.15) is 11.4 Å². The zero-order valence-corrected chi connectivity index (χ0v) is 9.48. The standard InChI is InChI=1S/C12H12F3N3/c13-12(14,15)9-2-1-3-10(8-9)18-7-6-17-11(18)4-5-16/h1-3,6-8H,4-5,16H2. The molecule has 3 nitrogen and oxygen atoms in total. The number of benzene rings is 1. The van der Waals surface area contributed by atoms with E-state index in [1.54, 1.807) is 23.0 Å². The average molecular weight is 255 g/mol. The van der Waals surface area contributed by atoms with E-state index in [-0.39, 0.29) is 0 Å². The summed E-state index contributed by atoms with van der Waals surface area (Å²) < 4.78 is 39.5. The number of nitrogens with zero attached hydrogens (tertiary/aromatic N) is 2. The van der Waals surface area contributed by atoms with Crippen LogP contribution in [-0.4, -0.2) is 16.1 Å². The zero-order chi connectivity index (χ0) is 13.2. The maximum atomic E-state index is 12.6. The summed E-state index contributed by atoms with van der Waals surface area (Å²) in [6, 6.07) is 5.13. The quantitative estimate of drug-likeness (QED) is 0.915. The number of rotatable bonds is 3. The first-order valence-electron chi connectivity index (χ1n) is 5.42. The van der Waals surface area contributed by atoms with Gasteiger partial charge >= 0.3 is 6.18 Å². The SMILES string of the molecule is NCCc1nccn1-c1cccc(C(F)(F)F)c1. The predicted octanol–water partition coefficient (Wildman–Crippen LogP) is 2.39. The van der Waals surface area contributed by atoms with E-state index in [4.69, 9.17) is 5.73 Å². The summed E-state index contributed by atoms with van der Waals surface area (Å²) in [6.07, 6.45) is -0.653. The Hall–Kier alpha value is -1.82. The maximum Gasteiger partial charge on any atom is 0.416 e. The number of halogens is 3. The van der Waals surface area contributed by atoms with Crippen LogP contribution in [0.25, 0.3) is 5.69 Å². The topological polar surface area (TPSA) is 43.8 Å². The van der Waals surface area contributed by atoms with Gasteiger partial charge in [0.2, 0.25) is 0 Å². The molecule has 2 aromatic rings. The summed E-state index contributed by atoms with van der Waals surface area (Å²) in [6.45, 7) is 0.399. The fraction of sp³-hybridized carbons (Fsp3) is 0.250. The molecule has 0 bridgehead atoms. The first-order valence-corrected chi connectivity index (χ1v) is 5.42. The van der Waals surface area contributed by atoms with Crippen LogP contribution in [-0.2, 0) is 12.6 Å². The molecule has 18 heavy (non-hydrogen) atoms. The van der Waals surface area contributed by atoms with Gasteiger partial charge in [0.05, 0.1) is 5.56 Å². The van der Waals surface area contributed by atoms with Crippen molar-refractivity contribution in [2.24, 2.45) is 5.73 Å². The van der Waals surface area contributed by atoms with Crippen LogP contribution in [0, 0.1) is 0 Å². The molecule has 1 aromatic heterocycles. The summed E-state index contributed by atoms with van der Waals surface area (Å²) >= 11 is 0. The molecular weight excluding hydrogens is 243 g/mol. The van der Waals surface area contributed by atoms with Crippen molar-refractivity contribution in [3.63, 3.8) is 0 Å².